The minimum atomic E-state index is -2.98. The molecule has 6 nitrogen and oxygen atoms in total. The van der Waals surface area contributed by atoms with E-state index in [9.17, 15) is 0 Å². The van der Waals surface area contributed by atoms with Crippen LogP contribution in [0.2, 0.25) is 0 Å². The van der Waals surface area contributed by atoms with Gasteiger partial charge < -0.3 is 11.4 Å². The Bertz CT molecular complexity index is 1580. The van der Waals surface area contributed by atoms with Gasteiger partial charge in [0.2, 0.25) is 0 Å². The van der Waals surface area contributed by atoms with Gasteiger partial charge in [-0.1, -0.05) is 18.2 Å². The molecule has 10 heteroatoms. The number of aromatic nitrogens is 3. The normalized spacial score (nSPS) is 11.1. The zero-order valence-corrected chi connectivity index (χ0v) is 23.0. The van der Waals surface area contributed by atoms with Crippen molar-refractivity contribution < 1.29 is 11.4 Å². The van der Waals surface area contributed by atoms with Crippen LogP contribution in [0, 0.1) is 0 Å². The molecule has 3 aromatic carbocycles. The number of rotatable bonds is 6. The summed E-state index contributed by atoms with van der Waals surface area (Å²) in [5.41, 5.74) is 2.01. The molecule has 0 amide bonds. The van der Waals surface area contributed by atoms with E-state index in [1.807, 2.05) is 72.8 Å². The number of pyridine rings is 3. The van der Waals surface area contributed by atoms with Gasteiger partial charge in [0.1, 0.15) is 33.8 Å². The first-order chi connectivity index (χ1) is 18.1. The second-order valence-corrected chi connectivity index (χ2v) is 10.8. The van der Waals surface area contributed by atoms with Gasteiger partial charge >= 0.3 is 15.1 Å². The Morgan fingerprint density at radius 1 is 0.459 bits per heavy atom. The molecule has 180 valence electrons. The van der Waals surface area contributed by atoms with E-state index in [-0.39, 0.29) is 0 Å². The molecule has 3 heterocycles. The minimum Gasteiger partial charge on any atom is -0.576 e. The van der Waals surface area contributed by atoms with Crippen LogP contribution < -0.4 is 11.4 Å². The summed E-state index contributed by atoms with van der Waals surface area (Å²) >= 11 is 10.7. The first kappa shape index (κ1) is 24.2. The first-order valence-electron chi connectivity index (χ1n) is 11.3. The predicted octanol–water partition coefficient (Wildman–Crippen LogP) is 6.72. The number of nitrogens with zero attached hydrogens (tertiary/aromatic N) is 3. The Hall–Kier alpha value is -3.13. The van der Waals surface area contributed by atoms with Gasteiger partial charge in [0.05, 0.1) is 0 Å². The largest absolute Gasteiger partial charge is 1.20 e. The molecule has 0 atom stereocenters. The average molecular weight is 556 g/mol. The van der Waals surface area contributed by atoms with Gasteiger partial charge in [-0.2, -0.15) is 0 Å². The summed E-state index contributed by atoms with van der Waals surface area (Å²) in [6.45, 7) is 0. The molecule has 0 spiro atoms. The van der Waals surface area contributed by atoms with Crippen molar-refractivity contribution >= 4 is 85.7 Å². The molecular formula is C27H18AlN3O3S3. The minimum absolute atomic E-state index is 0.538. The number of hydrogen-bond donors (Lipinski definition) is 3. The summed E-state index contributed by atoms with van der Waals surface area (Å²) in [4.78, 5) is 16.0. The van der Waals surface area contributed by atoms with Crippen molar-refractivity contribution in [2.24, 2.45) is 0 Å². The highest BCUT2D eigenvalue weighted by atomic mass is 32.1. The fourth-order valence-corrected chi connectivity index (χ4v) is 6.17. The molecule has 37 heavy (non-hydrogen) atoms. The lowest BCUT2D eigenvalue weighted by atomic mass is 10.2. The maximum absolute atomic E-state index is 6.45. The van der Waals surface area contributed by atoms with Gasteiger partial charge in [-0.15, -0.1) is 37.9 Å². The Balaban J connectivity index is 1.45. The van der Waals surface area contributed by atoms with Crippen LogP contribution in [0.4, 0.5) is 0 Å². The molecule has 0 bridgehead atoms. The van der Waals surface area contributed by atoms with Crippen LogP contribution in [-0.4, -0.2) is 30.1 Å². The number of thiol groups is 3. The number of benzene rings is 3. The summed E-state index contributed by atoms with van der Waals surface area (Å²) < 4.78 is 19.4. The van der Waals surface area contributed by atoms with Crippen LogP contribution in [0.25, 0.3) is 32.7 Å². The van der Waals surface area contributed by atoms with Crippen LogP contribution in [0.1, 0.15) is 0 Å². The Morgan fingerprint density at radius 2 is 0.784 bits per heavy atom. The molecule has 6 rings (SSSR count). The van der Waals surface area contributed by atoms with E-state index < -0.39 is 15.1 Å². The fraction of sp³-hybridized carbons (Fsp3) is 0. The average Bonchev–Trinajstić information content (AvgIpc) is 2.94. The number of fused-ring (bicyclic) bond motifs is 3. The van der Waals surface area contributed by atoms with Gasteiger partial charge in [-0.25, -0.2) is 0 Å². The summed E-state index contributed by atoms with van der Waals surface area (Å²) in [5.74, 6) is 1.61. The maximum Gasteiger partial charge on any atom is 1.20 e. The van der Waals surface area contributed by atoms with Crippen molar-refractivity contribution in [3.05, 3.63) is 91.4 Å². The monoisotopic (exact) mass is 555 g/mol. The second kappa shape index (κ2) is 10.3. The van der Waals surface area contributed by atoms with Crippen molar-refractivity contribution in [3.8, 4) is 17.2 Å². The zero-order chi connectivity index (χ0) is 25.4. The van der Waals surface area contributed by atoms with Crippen molar-refractivity contribution in [3.63, 3.8) is 0 Å². The van der Waals surface area contributed by atoms with Crippen molar-refractivity contribution in [2.75, 3.05) is 0 Å². The van der Waals surface area contributed by atoms with Gasteiger partial charge in [0.25, 0.3) is 0 Å². The quantitative estimate of drug-likeness (QED) is 0.157. The Kier molecular flexibility index (Phi) is 6.76. The molecule has 0 fully saturated rings. The molecule has 0 aliphatic carbocycles. The smallest absolute Gasteiger partial charge is 0.576 e. The van der Waals surface area contributed by atoms with E-state index in [1.54, 1.807) is 18.6 Å². The summed E-state index contributed by atoms with van der Waals surface area (Å²) in [5, 5.41) is 2.61. The highest BCUT2D eigenvalue weighted by Gasteiger charge is 2.46. The first-order valence-corrected chi connectivity index (χ1v) is 14.0. The maximum atomic E-state index is 6.45. The molecule has 0 saturated heterocycles. The van der Waals surface area contributed by atoms with E-state index in [0.29, 0.717) is 33.8 Å². The standard InChI is InChI=1S/3C9H7NOS.Al/c3*11-7-3-4-8(12)6-2-1-5-10-9(6)7;/h3*1-5,11-12H;/q;;;+3/p-3. The summed E-state index contributed by atoms with van der Waals surface area (Å²) in [6.07, 6.45) is 5.14. The van der Waals surface area contributed by atoms with E-state index in [4.69, 9.17) is 11.4 Å². The molecule has 3 aromatic heterocycles. The third-order valence-electron chi connectivity index (χ3n) is 5.80. The number of hydrogen-bond acceptors (Lipinski definition) is 9. The van der Waals surface area contributed by atoms with E-state index in [1.165, 1.54) is 0 Å². The van der Waals surface area contributed by atoms with Gasteiger partial charge in [0, 0.05) is 49.4 Å². The lowest BCUT2D eigenvalue weighted by Crippen LogP contribution is -2.37. The molecule has 0 unspecified atom stereocenters. The molecule has 0 N–H and O–H groups in total. The Morgan fingerprint density at radius 3 is 1.11 bits per heavy atom. The van der Waals surface area contributed by atoms with E-state index in [2.05, 4.69) is 52.8 Å². The van der Waals surface area contributed by atoms with Crippen molar-refractivity contribution in [2.45, 2.75) is 14.7 Å². The Labute approximate surface area is 234 Å². The lowest BCUT2D eigenvalue weighted by molar-refractivity contribution is 0.311. The topological polar surface area (TPSA) is 66.4 Å². The van der Waals surface area contributed by atoms with Crippen LogP contribution in [-0.2, 0) is 0 Å². The molecule has 6 aromatic rings. The highest BCUT2D eigenvalue weighted by Crippen LogP contribution is 2.34. The summed E-state index contributed by atoms with van der Waals surface area (Å²) in [7, 11) is 0. The zero-order valence-electron chi connectivity index (χ0n) is 19.1. The highest BCUT2D eigenvalue weighted by molar-refractivity contribution is 7.81. The second-order valence-electron chi connectivity index (χ2n) is 8.09. The van der Waals surface area contributed by atoms with Gasteiger partial charge in [0.15, 0.2) is 0 Å². The van der Waals surface area contributed by atoms with Crippen LogP contribution in [0.15, 0.2) is 106 Å². The molecule has 0 aliphatic rings. The van der Waals surface area contributed by atoms with Crippen LogP contribution in [0.5, 0.6) is 17.2 Å². The summed E-state index contributed by atoms with van der Waals surface area (Å²) in [6, 6.07) is 22.5. The SMILES string of the molecule is Sc1ccc([O][Al]([O]c2ccc(S)c3cccnc23)[O]c2ccc(S)c3cccnc23)c2ncccc12. The van der Waals surface area contributed by atoms with E-state index in [0.717, 1.165) is 30.8 Å². The molecular weight excluding hydrogens is 537 g/mol. The molecule has 0 radical (unpaired) electrons. The third kappa shape index (κ3) is 4.79. The molecule has 0 aliphatic heterocycles. The third-order valence-corrected chi connectivity index (χ3v) is 8.31. The lowest BCUT2D eigenvalue weighted by Gasteiger charge is -2.19. The van der Waals surface area contributed by atoms with Crippen LogP contribution >= 0.6 is 37.9 Å². The van der Waals surface area contributed by atoms with Gasteiger partial charge in [-0.3, -0.25) is 15.0 Å². The van der Waals surface area contributed by atoms with E-state index >= 15 is 0 Å². The predicted molar refractivity (Wildman–Crippen MR) is 155 cm³/mol. The fourth-order valence-electron chi connectivity index (χ4n) is 4.06. The molecule has 0 saturated carbocycles. The van der Waals surface area contributed by atoms with Crippen molar-refractivity contribution in [1.29, 1.82) is 0 Å². The van der Waals surface area contributed by atoms with Gasteiger partial charge in [-0.05, 0) is 54.6 Å². The van der Waals surface area contributed by atoms with Crippen molar-refractivity contribution in [1.82, 2.24) is 15.0 Å². The van der Waals surface area contributed by atoms with Crippen LogP contribution in [0.3, 0.4) is 0 Å².